The number of benzene rings is 1. The topological polar surface area (TPSA) is 73.7 Å². The number of nitrogens with zero attached hydrogens (tertiary/aromatic N) is 1. The van der Waals surface area contributed by atoms with E-state index >= 15 is 0 Å². The van der Waals surface area contributed by atoms with E-state index in [1.165, 1.54) is 0 Å². The molecule has 0 heterocycles. The molecular weight excluding hydrogens is 278 g/mol. The van der Waals surface area contributed by atoms with Gasteiger partial charge in [0.2, 0.25) is 0 Å². The van der Waals surface area contributed by atoms with Crippen molar-refractivity contribution in [2.75, 3.05) is 12.0 Å². The lowest BCUT2D eigenvalue weighted by molar-refractivity contribution is 0.0697. The van der Waals surface area contributed by atoms with E-state index in [1.54, 1.807) is 24.3 Å². The molecule has 0 aromatic heterocycles. The SMILES string of the molecule is C=NC(=C/C)/C(=C\C)NCNc1ccc(C(=O)O)cc1.CC. The summed E-state index contributed by atoms with van der Waals surface area (Å²) in [6.45, 7) is 11.8. The van der Waals surface area contributed by atoms with Gasteiger partial charge in [-0.25, -0.2) is 4.79 Å². The fourth-order valence-corrected chi connectivity index (χ4v) is 1.64. The lowest BCUT2D eigenvalue weighted by Crippen LogP contribution is -2.22. The maximum absolute atomic E-state index is 10.7. The van der Waals surface area contributed by atoms with Gasteiger partial charge in [0.15, 0.2) is 0 Å². The highest BCUT2D eigenvalue weighted by Crippen LogP contribution is 2.10. The van der Waals surface area contributed by atoms with Crippen LogP contribution in [-0.2, 0) is 0 Å². The van der Waals surface area contributed by atoms with Crippen molar-refractivity contribution in [3.05, 3.63) is 53.4 Å². The van der Waals surface area contributed by atoms with Crippen molar-refractivity contribution in [1.82, 2.24) is 5.32 Å². The van der Waals surface area contributed by atoms with Crippen LogP contribution in [0.5, 0.6) is 0 Å². The van der Waals surface area contributed by atoms with Crippen LogP contribution in [0.25, 0.3) is 0 Å². The van der Waals surface area contributed by atoms with E-state index in [-0.39, 0.29) is 5.56 Å². The van der Waals surface area contributed by atoms with E-state index in [1.807, 2.05) is 39.8 Å². The predicted molar refractivity (Wildman–Crippen MR) is 93.4 cm³/mol. The summed E-state index contributed by atoms with van der Waals surface area (Å²) in [5.41, 5.74) is 2.78. The van der Waals surface area contributed by atoms with Crippen molar-refractivity contribution < 1.29 is 9.90 Å². The summed E-state index contributed by atoms with van der Waals surface area (Å²) in [7, 11) is 0. The quantitative estimate of drug-likeness (QED) is 0.406. The van der Waals surface area contributed by atoms with E-state index in [0.29, 0.717) is 6.67 Å². The Bertz CT molecular complexity index is 531. The molecule has 0 spiro atoms. The van der Waals surface area contributed by atoms with Crippen LogP contribution < -0.4 is 10.6 Å². The minimum Gasteiger partial charge on any atom is -0.478 e. The second kappa shape index (κ2) is 11.1. The molecular formula is C17H25N3O2. The summed E-state index contributed by atoms with van der Waals surface area (Å²) in [4.78, 5) is 14.7. The largest absolute Gasteiger partial charge is 0.478 e. The first-order valence-electron chi connectivity index (χ1n) is 7.23. The Hall–Kier alpha value is -2.56. The van der Waals surface area contributed by atoms with E-state index in [4.69, 9.17) is 5.11 Å². The van der Waals surface area contributed by atoms with Crippen molar-refractivity contribution in [3.63, 3.8) is 0 Å². The number of anilines is 1. The molecule has 0 saturated heterocycles. The van der Waals surface area contributed by atoms with Gasteiger partial charge in [0.25, 0.3) is 0 Å². The molecule has 3 N–H and O–H groups in total. The maximum atomic E-state index is 10.7. The molecule has 0 aliphatic heterocycles. The number of hydrogen-bond donors (Lipinski definition) is 3. The zero-order chi connectivity index (χ0) is 17.0. The average molecular weight is 303 g/mol. The summed E-state index contributed by atoms with van der Waals surface area (Å²) in [6.07, 6.45) is 3.79. The van der Waals surface area contributed by atoms with Gasteiger partial charge in [-0.2, -0.15) is 0 Å². The van der Waals surface area contributed by atoms with E-state index in [9.17, 15) is 4.79 Å². The van der Waals surface area contributed by atoms with Crippen LogP contribution in [0, 0.1) is 0 Å². The Morgan fingerprint density at radius 1 is 1.23 bits per heavy atom. The molecule has 0 bridgehead atoms. The molecule has 5 heteroatoms. The Labute approximate surface area is 132 Å². The van der Waals surface area contributed by atoms with Crippen LogP contribution in [0.1, 0.15) is 38.1 Å². The molecule has 0 aliphatic carbocycles. The lowest BCUT2D eigenvalue weighted by Gasteiger charge is -2.12. The zero-order valence-electron chi connectivity index (χ0n) is 13.7. The maximum Gasteiger partial charge on any atom is 0.335 e. The van der Waals surface area contributed by atoms with Crippen molar-refractivity contribution >= 4 is 18.4 Å². The number of nitrogens with one attached hydrogen (secondary N) is 2. The average Bonchev–Trinajstić information content (AvgIpc) is 2.56. The Morgan fingerprint density at radius 2 is 1.82 bits per heavy atom. The zero-order valence-corrected chi connectivity index (χ0v) is 13.7. The van der Waals surface area contributed by atoms with E-state index < -0.39 is 5.97 Å². The third-order valence-corrected chi connectivity index (χ3v) is 2.71. The summed E-state index contributed by atoms with van der Waals surface area (Å²) < 4.78 is 0. The first-order chi connectivity index (χ1) is 10.6. The van der Waals surface area contributed by atoms with Gasteiger partial charge in [0.05, 0.1) is 23.6 Å². The predicted octanol–water partition coefficient (Wildman–Crippen LogP) is 3.88. The van der Waals surface area contributed by atoms with Crippen LogP contribution in [-0.4, -0.2) is 24.5 Å². The second-order valence-electron chi connectivity index (χ2n) is 3.95. The first kappa shape index (κ1) is 19.4. The summed E-state index contributed by atoms with van der Waals surface area (Å²) in [5.74, 6) is -0.930. The number of carboxylic acid groups (broad SMARTS) is 1. The number of allylic oxidation sites excluding steroid dienone is 2. The molecule has 0 fully saturated rings. The van der Waals surface area contributed by atoms with Gasteiger partial charge in [-0.05, 0) is 44.8 Å². The monoisotopic (exact) mass is 303 g/mol. The van der Waals surface area contributed by atoms with Crippen molar-refractivity contribution in [3.8, 4) is 0 Å². The highest BCUT2D eigenvalue weighted by atomic mass is 16.4. The molecule has 0 saturated carbocycles. The molecule has 0 atom stereocenters. The van der Waals surface area contributed by atoms with Crippen LogP contribution in [0.4, 0.5) is 5.69 Å². The number of rotatable bonds is 7. The van der Waals surface area contributed by atoms with E-state index in [2.05, 4.69) is 22.3 Å². The number of hydrogen-bond acceptors (Lipinski definition) is 4. The fraction of sp³-hybridized carbons (Fsp3) is 0.294. The van der Waals surface area contributed by atoms with Gasteiger partial charge in [-0.1, -0.05) is 26.0 Å². The van der Waals surface area contributed by atoms with Crippen molar-refractivity contribution in [2.24, 2.45) is 4.99 Å². The Balaban J connectivity index is 0.00000211. The molecule has 0 aliphatic rings. The molecule has 1 rings (SSSR count). The number of aliphatic imine (C=N–C) groups is 1. The van der Waals surface area contributed by atoms with Crippen molar-refractivity contribution in [1.29, 1.82) is 0 Å². The van der Waals surface area contributed by atoms with Gasteiger partial charge < -0.3 is 15.7 Å². The van der Waals surface area contributed by atoms with Crippen LogP contribution in [0.3, 0.4) is 0 Å². The standard InChI is InChI=1S/C15H19N3O2.C2H6/c1-4-13(16-3)14(5-2)18-10-17-12-8-6-11(7-9-12)15(19)20;1-2/h4-9,17-18H,3,10H2,1-2H3,(H,19,20);1-2H3/b13-4+,14-5+;. The van der Waals surface area contributed by atoms with Crippen LogP contribution >= 0.6 is 0 Å². The van der Waals surface area contributed by atoms with Gasteiger partial charge in [0.1, 0.15) is 0 Å². The van der Waals surface area contributed by atoms with Gasteiger partial charge >= 0.3 is 5.97 Å². The Kier molecular flexibility index (Phi) is 9.84. The van der Waals surface area contributed by atoms with Crippen LogP contribution in [0.15, 0.2) is 52.8 Å². The third-order valence-electron chi connectivity index (χ3n) is 2.71. The number of carboxylic acids is 1. The highest BCUT2D eigenvalue weighted by molar-refractivity contribution is 5.87. The number of aromatic carboxylic acids is 1. The third kappa shape index (κ3) is 6.26. The number of carbonyl (C=O) groups is 1. The fourth-order valence-electron chi connectivity index (χ4n) is 1.64. The second-order valence-corrected chi connectivity index (χ2v) is 3.95. The minimum absolute atomic E-state index is 0.268. The summed E-state index contributed by atoms with van der Waals surface area (Å²) in [5, 5.41) is 15.1. The lowest BCUT2D eigenvalue weighted by atomic mass is 10.2. The molecule has 0 amide bonds. The smallest absolute Gasteiger partial charge is 0.335 e. The molecule has 120 valence electrons. The van der Waals surface area contributed by atoms with Gasteiger partial charge in [-0.15, -0.1) is 0 Å². The highest BCUT2D eigenvalue weighted by Gasteiger charge is 2.02. The minimum atomic E-state index is -0.930. The molecule has 1 aromatic carbocycles. The molecule has 1 aromatic rings. The summed E-state index contributed by atoms with van der Waals surface area (Å²) in [6, 6.07) is 6.57. The first-order valence-corrected chi connectivity index (χ1v) is 7.23. The van der Waals surface area contributed by atoms with Gasteiger partial charge in [-0.3, -0.25) is 4.99 Å². The molecule has 0 unspecified atom stereocenters. The molecule has 0 radical (unpaired) electrons. The molecule has 5 nitrogen and oxygen atoms in total. The summed E-state index contributed by atoms with van der Waals surface area (Å²) >= 11 is 0. The molecule has 22 heavy (non-hydrogen) atoms. The van der Waals surface area contributed by atoms with Crippen LogP contribution in [0.2, 0.25) is 0 Å². The van der Waals surface area contributed by atoms with Gasteiger partial charge in [0, 0.05) is 5.69 Å². The Morgan fingerprint density at radius 3 is 2.23 bits per heavy atom. The van der Waals surface area contributed by atoms with E-state index in [0.717, 1.165) is 17.1 Å². The normalized spacial score (nSPS) is 11.1. The van der Waals surface area contributed by atoms with Crippen molar-refractivity contribution in [2.45, 2.75) is 27.7 Å².